The van der Waals surface area contributed by atoms with Gasteiger partial charge in [0, 0.05) is 86.0 Å². The van der Waals surface area contributed by atoms with Crippen LogP contribution < -0.4 is 16.0 Å². The second kappa shape index (κ2) is 31.1. The Kier molecular flexibility index (Phi) is 22.1. The van der Waals surface area contributed by atoms with Crippen molar-refractivity contribution >= 4 is 35.9 Å². The van der Waals surface area contributed by atoms with Crippen molar-refractivity contribution < 1.29 is 54.6 Å². The molecule has 19 heteroatoms. The van der Waals surface area contributed by atoms with Crippen molar-refractivity contribution in [2.24, 2.45) is 39.9 Å². The summed E-state index contributed by atoms with van der Waals surface area (Å²) in [4.78, 5) is 51.9. The average molecular weight is 1520 g/mol. The minimum Gasteiger partial charge on any atom is -0.392 e. The first kappa shape index (κ1) is 79.0. The van der Waals surface area contributed by atoms with Crippen molar-refractivity contribution in [3.63, 3.8) is 0 Å². The van der Waals surface area contributed by atoms with Crippen molar-refractivity contribution in [2.45, 2.75) is 185 Å². The lowest BCUT2D eigenvalue weighted by Crippen LogP contribution is -2.63. The Morgan fingerprint density at radius 3 is 1.25 bits per heavy atom. The van der Waals surface area contributed by atoms with E-state index in [2.05, 4.69) is 166 Å². The van der Waals surface area contributed by atoms with E-state index in [0.29, 0.717) is 80.6 Å². The molecule has 16 rings (SSSR count). The molecule has 6 aliphatic carbocycles. The van der Waals surface area contributed by atoms with Gasteiger partial charge in [-0.15, -0.1) is 0 Å². The third-order valence-electron chi connectivity index (χ3n) is 27.4. The molecule has 3 saturated heterocycles. The van der Waals surface area contributed by atoms with E-state index >= 15 is 0 Å². The third-order valence-corrected chi connectivity index (χ3v) is 27.4. The van der Waals surface area contributed by atoms with E-state index in [1.54, 1.807) is 13.1 Å². The van der Waals surface area contributed by atoms with Gasteiger partial charge in [-0.25, -0.2) is 8.78 Å². The minimum absolute atomic E-state index is 0.0376. The predicted molar refractivity (Wildman–Crippen MR) is 418 cm³/mol. The highest BCUT2D eigenvalue weighted by Crippen LogP contribution is 2.56. The van der Waals surface area contributed by atoms with Crippen LogP contribution in [-0.4, -0.2) is 106 Å². The van der Waals surface area contributed by atoms with Gasteiger partial charge in [0.2, 0.25) is 17.7 Å². The molecule has 1 unspecified atom stereocenters. The molecule has 11 nitrogen and oxygen atoms in total. The highest BCUT2D eigenvalue weighted by molar-refractivity contribution is 5.86. The Morgan fingerprint density at radius 2 is 0.856 bits per heavy atom. The smallest absolute Gasteiger partial charge is 0.392 e. The van der Waals surface area contributed by atoms with Gasteiger partial charge >= 0.3 is 12.4 Å². The van der Waals surface area contributed by atoms with Crippen LogP contribution in [0, 0.1) is 58.5 Å². The lowest BCUT2D eigenvalue weighted by Gasteiger charge is -2.56. The molecule has 3 saturated carbocycles. The van der Waals surface area contributed by atoms with E-state index in [0.717, 1.165) is 112 Å². The van der Waals surface area contributed by atoms with Crippen molar-refractivity contribution in [3.05, 3.63) is 260 Å². The molecule has 3 spiro atoms. The molecule has 7 aromatic rings. The van der Waals surface area contributed by atoms with Crippen LogP contribution in [0.25, 0.3) is 18.2 Å². The molecule has 111 heavy (non-hydrogen) atoms. The molecule has 0 bridgehead atoms. The normalized spacial score (nSPS) is 29.4. The minimum atomic E-state index is -4.66. The van der Waals surface area contributed by atoms with Gasteiger partial charge in [0.05, 0.1) is 33.5 Å². The van der Waals surface area contributed by atoms with Gasteiger partial charge < -0.3 is 21.1 Å². The van der Waals surface area contributed by atoms with Gasteiger partial charge in [0.1, 0.15) is 11.6 Å². The molecule has 1 aromatic heterocycles. The first-order valence-electron chi connectivity index (χ1n) is 39.7. The number of aryl methyl sites for hydroxylation is 1. The summed E-state index contributed by atoms with van der Waals surface area (Å²) in [5, 5.41) is 19.3. The molecule has 4 N–H and O–H groups in total. The standard InChI is InChI=1S/C34H34F4N2O.C30H34F4N2O.C28H35N3O2/c1-23-22-40(14-13-33(23)12-11-26-9-5-6-10-30(26)33)29-19-32(20-29,18-24-7-3-2-4-8-24)31(41)39-21-25-15-27(34(36,37)38)17-28(35)16-25;1-19(2)29(27(37)35-17-21-12-23(30(32,33)34)14-24(31)13-21)15-25(16-29)36-11-10-28(20(3)18-36)9-8-22-6-4-5-7-26(22)28;1-19-12-22(16-29-15-19)17-30-26(33)28(21(3)32)13-24(14-28)31-11-10-27(20(2)18-31)9-8-23-6-4-5-7-25(23)27/h2-12,15-17,23,29H,13-14,18-22H2,1H3,(H,39,41);4-9,12-14,19-20,25H,10-11,15-18H2,1-3H3,(H,35,37);4-9,12,15-16,20-21,24,32H,10-11,13-14,17-18H2,1-3H3,(H,30,33)/t23-,29?,32?,33-;20-,25?,28-,29?;20-,21?,24?,27-,28?/m000/s1. The van der Waals surface area contributed by atoms with Crippen molar-refractivity contribution in [1.29, 1.82) is 0 Å². The summed E-state index contributed by atoms with van der Waals surface area (Å²) >= 11 is 0. The molecule has 3 amide bonds. The van der Waals surface area contributed by atoms with Crippen LogP contribution in [0.15, 0.2) is 176 Å². The van der Waals surface area contributed by atoms with Crippen molar-refractivity contribution in [2.75, 3.05) is 39.3 Å². The number of piperidine rings is 3. The summed E-state index contributed by atoms with van der Waals surface area (Å²) in [5.74, 6) is -0.860. The topological polar surface area (TPSA) is 130 Å². The molecule has 9 aliphatic rings. The molecular weight excluding hydrogens is 1420 g/mol. The number of allylic oxidation sites excluding steroid dienone is 3. The first-order valence-corrected chi connectivity index (χ1v) is 39.7. The van der Waals surface area contributed by atoms with Crippen LogP contribution in [0.4, 0.5) is 35.1 Å². The summed E-state index contributed by atoms with van der Waals surface area (Å²) in [6, 6.07) is 43.6. The van der Waals surface area contributed by atoms with Crippen LogP contribution in [-0.2, 0) is 69.0 Å². The Hall–Kier alpha value is -8.62. The van der Waals surface area contributed by atoms with Gasteiger partial charge in [-0.05, 0) is 219 Å². The largest absolute Gasteiger partial charge is 0.416 e. The lowest BCUT2D eigenvalue weighted by atomic mass is 9.57. The number of nitrogens with one attached hydrogen (secondary N) is 3. The number of rotatable bonds is 16. The summed E-state index contributed by atoms with van der Waals surface area (Å²) in [6.45, 7) is 20.8. The number of amides is 3. The molecule has 3 aliphatic heterocycles. The lowest BCUT2D eigenvalue weighted by molar-refractivity contribution is -0.155. The number of benzene rings is 6. The van der Waals surface area contributed by atoms with Crippen LogP contribution in [0.3, 0.4) is 0 Å². The van der Waals surface area contributed by atoms with Crippen molar-refractivity contribution in [1.82, 2.24) is 35.6 Å². The Balaban J connectivity index is 0.000000139. The summed E-state index contributed by atoms with van der Waals surface area (Å²) in [6.07, 6.45) is 15.6. The average Bonchev–Trinajstić information content (AvgIpc) is 1.73. The quantitative estimate of drug-likeness (QED) is 0.0704. The first-order chi connectivity index (χ1) is 52.9. The number of aliphatic hydroxyl groups excluding tert-OH is 1. The molecule has 0 radical (unpaired) electrons. The number of alkyl halides is 6. The maximum absolute atomic E-state index is 13.9. The van der Waals surface area contributed by atoms with Gasteiger partial charge in [-0.2, -0.15) is 26.3 Å². The fraction of sp³-hybridized carbons (Fsp3) is 0.457. The number of likely N-dealkylation sites (tertiary alicyclic amines) is 3. The number of nitrogens with zero attached hydrogens (tertiary/aromatic N) is 4. The van der Waals surface area contributed by atoms with Gasteiger partial charge in [-0.1, -0.05) is 180 Å². The molecule has 7 atom stereocenters. The van der Waals surface area contributed by atoms with E-state index < -0.39 is 57.5 Å². The van der Waals surface area contributed by atoms with Crippen LogP contribution in [0.1, 0.15) is 172 Å². The van der Waals surface area contributed by atoms with Crippen molar-refractivity contribution in [3.8, 4) is 0 Å². The highest BCUT2D eigenvalue weighted by Gasteiger charge is 2.59. The van der Waals surface area contributed by atoms with E-state index in [1.807, 2.05) is 63.4 Å². The van der Waals surface area contributed by atoms with Gasteiger partial charge in [0.15, 0.2) is 0 Å². The Morgan fingerprint density at radius 1 is 0.477 bits per heavy atom. The molecular formula is C92H103F8N7O4. The fourth-order valence-electron chi connectivity index (χ4n) is 20.5. The summed E-state index contributed by atoms with van der Waals surface area (Å²) in [5.41, 5.74) is 7.80. The number of carbonyl (C=O) groups is 3. The fourth-order valence-corrected chi connectivity index (χ4v) is 20.5. The molecule has 6 aromatic carbocycles. The summed E-state index contributed by atoms with van der Waals surface area (Å²) < 4.78 is 106. The number of halogens is 8. The monoisotopic (exact) mass is 1520 g/mol. The Labute approximate surface area is 647 Å². The maximum atomic E-state index is 13.9. The number of hydrogen-bond donors (Lipinski definition) is 4. The SMILES string of the molecule is CC(C)C1(C(=O)NCc2cc(F)cc(C(F)(F)F)c2)CC(N2CC[C@@]3(C=Cc4ccccc43)[C@@H](C)C2)C1.C[C@H]1CN(C2CC(Cc3ccccc3)(C(=O)NCc3cc(F)cc(C(F)(F)F)c3)C2)CC[C@@]12C=Cc1ccccc12.Cc1cncc(CNC(=O)C2(C(C)O)CC(N3CC[C@@]4(C=Cc5ccccc54)[C@@H](C)C3)C2)c1. The van der Waals surface area contributed by atoms with Crippen LogP contribution in [0.2, 0.25) is 0 Å². The second-order valence-electron chi connectivity index (χ2n) is 34.2. The molecule has 4 heterocycles. The Bertz CT molecular complexity index is 4670. The number of pyridine rings is 1. The maximum Gasteiger partial charge on any atom is 0.416 e. The molecule has 6 fully saturated rings. The number of aromatic nitrogens is 1. The predicted octanol–water partition coefficient (Wildman–Crippen LogP) is 17.6. The van der Waals surface area contributed by atoms with E-state index in [1.165, 1.54) is 33.4 Å². The summed E-state index contributed by atoms with van der Waals surface area (Å²) in [7, 11) is 0. The number of carbonyl (C=O) groups excluding carboxylic acids is 3. The number of aliphatic hydroxyl groups is 1. The number of fused-ring (bicyclic) bond motifs is 6. The van der Waals surface area contributed by atoms with Gasteiger partial charge in [0.25, 0.3) is 0 Å². The number of hydrogen-bond acceptors (Lipinski definition) is 8. The second-order valence-corrected chi connectivity index (χ2v) is 34.2. The van der Waals surface area contributed by atoms with Gasteiger partial charge in [-0.3, -0.25) is 34.1 Å². The highest BCUT2D eigenvalue weighted by atomic mass is 19.4. The zero-order chi connectivity index (χ0) is 78.6. The zero-order valence-electron chi connectivity index (χ0n) is 64.5. The van der Waals surface area contributed by atoms with Crippen LogP contribution >= 0.6 is 0 Å². The van der Waals surface area contributed by atoms with Crippen LogP contribution in [0.5, 0.6) is 0 Å². The van der Waals surface area contributed by atoms with E-state index in [9.17, 15) is 54.6 Å². The molecule has 586 valence electrons. The van der Waals surface area contributed by atoms with E-state index in [4.69, 9.17) is 0 Å². The zero-order valence-corrected chi connectivity index (χ0v) is 64.5. The van der Waals surface area contributed by atoms with E-state index in [-0.39, 0.29) is 70.1 Å². The third kappa shape index (κ3) is 15.5.